The van der Waals surface area contributed by atoms with Gasteiger partial charge in [-0.1, -0.05) is 61.9 Å². The Morgan fingerprint density at radius 1 is 1.27 bits per heavy atom. The molecule has 5 nitrogen and oxygen atoms in total. The normalized spacial score (nSPS) is 18.4. The van der Waals surface area contributed by atoms with Gasteiger partial charge in [-0.3, -0.25) is 9.59 Å². The van der Waals surface area contributed by atoms with Gasteiger partial charge in [0.1, 0.15) is 5.60 Å². The second-order valence-corrected chi connectivity index (χ2v) is 6.73. The standard InChI is InChI=1S/C21H28N2O3/c1-3-10-18(22)19(24)20(25)23-15(2)21(26,16-11-6-4-7-12-16)17-13-8-5-9-14-17/h4,6-8,11-15,18,26H,3,5,9-10,22H2,1-2H3,(H,23,25). The van der Waals surface area contributed by atoms with Crippen LogP contribution in [0.1, 0.15) is 45.1 Å². The van der Waals surface area contributed by atoms with Crippen LogP contribution in [0.2, 0.25) is 0 Å². The van der Waals surface area contributed by atoms with Gasteiger partial charge in [0.2, 0.25) is 5.78 Å². The molecule has 3 unspecified atom stereocenters. The van der Waals surface area contributed by atoms with Crippen LogP contribution in [0.15, 0.2) is 54.1 Å². The van der Waals surface area contributed by atoms with Crippen LogP contribution in [0.25, 0.3) is 0 Å². The van der Waals surface area contributed by atoms with Crippen molar-refractivity contribution in [2.45, 2.75) is 57.2 Å². The van der Waals surface area contributed by atoms with Gasteiger partial charge in [-0.15, -0.1) is 0 Å². The molecule has 0 spiro atoms. The molecule has 0 aliphatic heterocycles. The lowest BCUT2D eigenvalue weighted by atomic mass is 9.78. The summed E-state index contributed by atoms with van der Waals surface area (Å²) in [4.78, 5) is 24.5. The van der Waals surface area contributed by atoms with E-state index in [0.717, 1.165) is 19.3 Å². The van der Waals surface area contributed by atoms with Crippen LogP contribution >= 0.6 is 0 Å². The zero-order valence-electron chi connectivity index (χ0n) is 15.4. The van der Waals surface area contributed by atoms with Gasteiger partial charge in [-0.05, 0) is 37.3 Å². The molecule has 26 heavy (non-hydrogen) atoms. The molecule has 5 heteroatoms. The number of carbonyl (C=O) groups is 2. The van der Waals surface area contributed by atoms with E-state index in [0.29, 0.717) is 17.6 Å². The van der Waals surface area contributed by atoms with Crippen molar-refractivity contribution >= 4 is 11.7 Å². The molecule has 0 heterocycles. The number of amides is 1. The molecule has 0 saturated carbocycles. The van der Waals surface area contributed by atoms with Crippen molar-refractivity contribution in [2.75, 3.05) is 0 Å². The third-order valence-corrected chi connectivity index (χ3v) is 4.78. The Labute approximate surface area is 155 Å². The third kappa shape index (κ3) is 4.29. The largest absolute Gasteiger partial charge is 0.378 e. The first-order valence-corrected chi connectivity index (χ1v) is 9.16. The summed E-state index contributed by atoms with van der Waals surface area (Å²) in [6.45, 7) is 3.61. The van der Waals surface area contributed by atoms with Crippen LogP contribution in [-0.2, 0) is 15.2 Å². The number of rotatable bonds is 8. The molecule has 4 N–H and O–H groups in total. The molecule has 0 fully saturated rings. The van der Waals surface area contributed by atoms with Crippen molar-refractivity contribution in [3.8, 4) is 0 Å². The summed E-state index contributed by atoms with van der Waals surface area (Å²) in [7, 11) is 0. The van der Waals surface area contributed by atoms with Crippen LogP contribution in [0.3, 0.4) is 0 Å². The molecule has 0 aromatic heterocycles. The number of Topliss-reactive ketones (excluding diaryl/α,β-unsaturated/α-hetero) is 1. The van der Waals surface area contributed by atoms with Crippen molar-refractivity contribution in [3.05, 3.63) is 59.7 Å². The molecule has 1 aliphatic carbocycles. The topological polar surface area (TPSA) is 92.4 Å². The monoisotopic (exact) mass is 356 g/mol. The maximum absolute atomic E-state index is 12.3. The summed E-state index contributed by atoms with van der Waals surface area (Å²) < 4.78 is 0. The van der Waals surface area contributed by atoms with Crippen LogP contribution in [-0.4, -0.2) is 28.9 Å². The number of ketones is 1. The van der Waals surface area contributed by atoms with Gasteiger partial charge in [-0.2, -0.15) is 0 Å². The highest BCUT2D eigenvalue weighted by molar-refractivity contribution is 6.38. The van der Waals surface area contributed by atoms with Gasteiger partial charge in [0.05, 0.1) is 12.1 Å². The molecule has 1 aromatic rings. The van der Waals surface area contributed by atoms with E-state index in [1.165, 1.54) is 0 Å². The summed E-state index contributed by atoms with van der Waals surface area (Å²) >= 11 is 0. The minimum Gasteiger partial charge on any atom is -0.378 e. The Morgan fingerprint density at radius 2 is 1.96 bits per heavy atom. The van der Waals surface area contributed by atoms with Crippen molar-refractivity contribution < 1.29 is 14.7 Å². The number of hydrogen-bond acceptors (Lipinski definition) is 4. The molecule has 1 aromatic carbocycles. The van der Waals surface area contributed by atoms with E-state index in [-0.39, 0.29) is 0 Å². The molecule has 0 saturated heterocycles. The molecular formula is C21H28N2O3. The summed E-state index contributed by atoms with van der Waals surface area (Å²) in [5.41, 5.74) is 5.72. The zero-order chi connectivity index (χ0) is 19.2. The Kier molecular flexibility index (Phi) is 6.89. The van der Waals surface area contributed by atoms with E-state index in [9.17, 15) is 14.7 Å². The first-order valence-electron chi connectivity index (χ1n) is 9.16. The SMILES string of the molecule is CCCC(N)C(=O)C(=O)NC(C)C(O)(C1=CCCC=C1)c1ccccc1. The summed E-state index contributed by atoms with van der Waals surface area (Å²) in [6, 6.07) is 7.66. The number of aliphatic hydroxyl groups is 1. The summed E-state index contributed by atoms with van der Waals surface area (Å²) in [5.74, 6) is -1.41. The van der Waals surface area contributed by atoms with E-state index in [1.807, 2.05) is 55.5 Å². The minimum atomic E-state index is -1.43. The lowest BCUT2D eigenvalue weighted by Crippen LogP contribution is -2.53. The highest BCUT2D eigenvalue weighted by Crippen LogP contribution is 2.35. The van der Waals surface area contributed by atoms with Crippen LogP contribution in [0, 0.1) is 0 Å². The Hall–Kier alpha value is -2.24. The van der Waals surface area contributed by atoms with E-state index in [1.54, 1.807) is 6.92 Å². The Morgan fingerprint density at radius 3 is 2.54 bits per heavy atom. The fraction of sp³-hybridized carbons (Fsp3) is 0.429. The minimum absolute atomic E-state index is 0.456. The average Bonchev–Trinajstić information content (AvgIpc) is 2.68. The highest BCUT2D eigenvalue weighted by atomic mass is 16.3. The van der Waals surface area contributed by atoms with E-state index < -0.39 is 29.4 Å². The lowest BCUT2D eigenvalue weighted by molar-refractivity contribution is -0.140. The van der Waals surface area contributed by atoms with Crippen LogP contribution < -0.4 is 11.1 Å². The molecule has 140 valence electrons. The van der Waals surface area contributed by atoms with Gasteiger partial charge in [0, 0.05) is 0 Å². The fourth-order valence-electron chi connectivity index (χ4n) is 3.24. The summed E-state index contributed by atoms with van der Waals surface area (Å²) in [5, 5.41) is 14.2. The number of benzene rings is 1. The first kappa shape index (κ1) is 20.1. The molecule has 0 radical (unpaired) electrons. The predicted molar refractivity (Wildman–Crippen MR) is 102 cm³/mol. The van der Waals surface area contributed by atoms with E-state index in [2.05, 4.69) is 5.32 Å². The highest BCUT2D eigenvalue weighted by Gasteiger charge is 2.40. The van der Waals surface area contributed by atoms with Gasteiger partial charge >= 0.3 is 0 Å². The maximum atomic E-state index is 12.3. The maximum Gasteiger partial charge on any atom is 0.289 e. The molecule has 1 amide bonds. The third-order valence-electron chi connectivity index (χ3n) is 4.78. The fourth-order valence-corrected chi connectivity index (χ4v) is 3.24. The molecule has 0 bridgehead atoms. The van der Waals surface area contributed by atoms with Gasteiger partial charge < -0.3 is 16.2 Å². The van der Waals surface area contributed by atoms with Gasteiger partial charge in [-0.25, -0.2) is 0 Å². The van der Waals surface area contributed by atoms with Crippen molar-refractivity contribution in [3.63, 3.8) is 0 Å². The second-order valence-electron chi connectivity index (χ2n) is 6.73. The van der Waals surface area contributed by atoms with Crippen LogP contribution in [0.5, 0.6) is 0 Å². The van der Waals surface area contributed by atoms with Crippen molar-refractivity contribution in [1.82, 2.24) is 5.32 Å². The second kappa shape index (κ2) is 8.92. The molecule has 3 atom stereocenters. The van der Waals surface area contributed by atoms with Crippen molar-refractivity contribution in [2.24, 2.45) is 5.73 Å². The number of carbonyl (C=O) groups excluding carboxylic acids is 2. The zero-order valence-corrected chi connectivity index (χ0v) is 15.4. The lowest BCUT2D eigenvalue weighted by Gasteiger charge is -2.37. The predicted octanol–water partition coefficient (Wildman–Crippen LogP) is 2.35. The summed E-state index contributed by atoms with van der Waals surface area (Å²) in [6.07, 6.45) is 8.77. The van der Waals surface area contributed by atoms with Gasteiger partial charge in [0.25, 0.3) is 5.91 Å². The Bertz CT molecular complexity index is 696. The average molecular weight is 356 g/mol. The number of hydrogen-bond donors (Lipinski definition) is 3. The molecule has 1 aliphatic rings. The number of nitrogens with two attached hydrogens (primary N) is 1. The van der Waals surface area contributed by atoms with Crippen LogP contribution in [0.4, 0.5) is 0 Å². The Balaban J connectivity index is 2.28. The van der Waals surface area contributed by atoms with Gasteiger partial charge in [0.15, 0.2) is 0 Å². The van der Waals surface area contributed by atoms with E-state index >= 15 is 0 Å². The smallest absolute Gasteiger partial charge is 0.289 e. The quantitative estimate of drug-likeness (QED) is 0.624. The number of allylic oxidation sites excluding steroid dienone is 2. The molecule has 2 rings (SSSR count). The van der Waals surface area contributed by atoms with E-state index in [4.69, 9.17) is 5.73 Å². The number of nitrogens with one attached hydrogen (secondary N) is 1. The van der Waals surface area contributed by atoms with Crippen molar-refractivity contribution in [1.29, 1.82) is 0 Å². The molecular weight excluding hydrogens is 328 g/mol. The first-order chi connectivity index (χ1) is 12.4.